The first kappa shape index (κ1) is 11.8. The lowest BCUT2D eigenvalue weighted by molar-refractivity contribution is 0.198. The average molecular weight is 183 g/mol. The largest absolute Gasteiger partial charge is 0.490 e. The van der Waals surface area contributed by atoms with Crippen LogP contribution in [-0.4, -0.2) is 13.2 Å². The van der Waals surface area contributed by atoms with Crippen molar-refractivity contribution >= 4 is 0 Å². The highest BCUT2D eigenvalue weighted by molar-refractivity contribution is 5.30. The summed E-state index contributed by atoms with van der Waals surface area (Å²) in [7, 11) is 0. The van der Waals surface area contributed by atoms with Crippen molar-refractivity contribution < 1.29 is 6.16 Å². The molecule has 0 radical (unpaired) electrons. The molecule has 0 unspecified atom stereocenters. The molecule has 1 N–H and O–H groups in total. The van der Waals surface area contributed by atoms with Crippen LogP contribution in [0.3, 0.4) is 0 Å². The molecule has 0 bridgehead atoms. The Balaban J connectivity index is 0. The summed E-state index contributed by atoms with van der Waals surface area (Å²) in [5.41, 5.74) is 1.95. The van der Waals surface area contributed by atoms with Gasteiger partial charge in [-0.15, -0.1) is 0 Å². The Bertz CT molecular complexity index is 221. The monoisotopic (exact) mass is 183 g/mol. The van der Waals surface area contributed by atoms with Gasteiger partial charge in [0.1, 0.15) is 12.4 Å². The minimum atomic E-state index is 0. The van der Waals surface area contributed by atoms with Gasteiger partial charge in [-0.1, -0.05) is 32.6 Å². The molecule has 0 aromatic rings. The molecule has 0 amide bonds. The molecular formula is C11H21NO. The summed E-state index contributed by atoms with van der Waals surface area (Å²) in [6.07, 6.45) is 1.93. The highest BCUT2D eigenvalue weighted by atomic mass is 16.5. The molecule has 0 atom stereocenters. The van der Waals surface area contributed by atoms with Gasteiger partial charge in [0.05, 0.1) is 5.70 Å². The highest BCUT2D eigenvalue weighted by Crippen LogP contribution is 2.11. The van der Waals surface area contributed by atoms with E-state index in [1.54, 1.807) is 0 Å². The fourth-order valence-corrected chi connectivity index (χ4v) is 0.914. The molecule has 1 heterocycles. The van der Waals surface area contributed by atoms with Crippen molar-refractivity contribution in [3.63, 3.8) is 0 Å². The number of nitrogens with one attached hydrogen (secondary N) is 1. The molecule has 1 aliphatic heterocycles. The Hall–Kier alpha value is -1.18. The average Bonchev–Trinajstić information content (AvgIpc) is 2.12. The summed E-state index contributed by atoms with van der Waals surface area (Å²) >= 11 is 0. The second-order valence-corrected chi connectivity index (χ2v) is 2.60. The van der Waals surface area contributed by atoms with Gasteiger partial charge in [0.25, 0.3) is 0 Å². The first-order valence-electron chi connectivity index (χ1n) is 4.63. The van der Waals surface area contributed by atoms with E-state index in [1.807, 2.05) is 26.8 Å². The SMILES string of the molecule is C=C(C)/C=C1/NCCOC1=C.CC.[HH]. The molecule has 2 nitrogen and oxygen atoms in total. The normalized spacial score (nSPS) is 18.1. The van der Waals surface area contributed by atoms with Crippen LogP contribution in [0, 0.1) is 0 Å². The summed E-state index contributed by atoms with van der Waals surface area (Å²) in [4.78, 5) is 0. The number of morpholine rings is 1. The zero-order valence-corrected chi connectivity index (χ0v) is 8.81. The smallest absolute Gasteiger partial charge is 0.135 e. The minimum absolute atomic E-state index is 0. The predicted octanol–water partition coefficient (Wildman–Crippen LogP) is 2.85. The summed E-state index contributed by atoms with van der Waals surface area (Å²) < 4.78 is 5.22. The van der Waals surface area contributed by atoms with Crippen molar-refractivity contribution in [2.45, 2.75) is 20.8 Å². The van der Waals surface area contributed by atoms with Crippen molar-refractivity contribution in [2.24, 2.45) is 0 Å². The number of hydrogen-bond acceptors (Lipinski definition) is 2. The van der Waals surface area contributed by atoms with Gasteiger partial charge in [-0.25, -0.2) is 0 Å². The zero-order valence-electron chi connectivity index (χ0n) is 8.81. The fourth-order valence-electron chi connectivity index (χ4n) is 0.914. The second-order valence-electron chi connectivity index (χ2n) is 2.60. The number of ether oxygens (including phenoxy) is 1. The van der Waals surface area contributed by atoms with Gasteiger partial charge in [0.2, 0.25) is 0 Å². The number of allylic oxidation sites excluding steroid dienone is 2. The van der Waals surface area contributed by atoms with Crippen LogP contribution in [-0.2, 0) is 4.74 Å². The molecule has 1 saturated heterocycles. The van der Waals surface area contributed by atoms with Gasteiger partial charge < -0.3 is 10.1 Å². The zero-order chi connectivity index (χ0) is 10.3. The third kappa shape index (κ3) is 4.41. The van der Waals surface area contributed by atoms with Gasteiger partial charge in [-0.2, -0.15) is 0 Å². The summed E-state index contributed by atoms with van der Waals surface area (Å²) in [6, 6.07) is 0. The van der Waals surface area contributed by atoms with Crippen LogP contribution >= 0.6 is 0 Å². The second kappa shape index (κ2) is 6.35. The molecular weight excluding hydrogens is 162 g/mol. The summed E-state index contributed by atoms with van der Waals surface area (Å²) in [5, 5.41) is 3.18. The third-order valence-corrected chi connectivity index (χ3v) is 1.38. The third-order valence-electron chi connectivity index (χ3n) is 1.38. The van der Waals surface area contributed by atoms with E-state index in [9.17, 15) is 0 Å². The quantitative estimate of drug-likeness (QED) is 0.675. The Morgan fingerprint density at radius 2 is 2.23 bits per heavy atom. The Kier molecular flexibility index (Phi) is 5.77. The predicted molar refractivity (Wildman–Crippen MR) is 59.5 cm³/mol. The lowest BCUT2D eigenvalue weighted by atomic mass is 10.2. The molecule has 0 aromatic heterocycles. The van der Waals surface area contributed by atoms with Crippen LogP contribution in [0.1, 0.15) is 22.2 Å². The molecule has 0 saturated carbocycles. The molecule has 76 valence electrons. The van der Waals surface area contributed by atoms with Crippen LogP contribution in [0.15, 0.2) is 36.3 Å². The number of rotatable bonds is 1. The molecule has 2 heteroatoms. The van der Waals surface area contributed by atoms with Crippen molar-refractivity contribution in [3.05, 3.63) is 36.3 Å². The van der Waals surface area contributed by atoms with Crippen molar-refractivity contribution in [3.8, 4) is 0 Å². The maximum atomic E-state index is 5.22. The van der Waals surface area contributed by atoms with E-state index < -0.39 is 0 Å². The number of hydrogen-bond donors (Lipinski definition) is 1. The summed E-state index contributed by atoms with van der Waals surface area (Å²) in [5.74, 6) is 0.708. The van der Waals surface area contributed by atoms with E-state index in [4.69, 9.17) is 4.74 Å². The Morgan fingerprint density at radius 3 is 2.69 bits per heavy atom. The Morgan fingerprint density at radius 1 is 1.62 bits per heavy atom. The van der Waals surface area contributed by atoms with Crippen LogP contribution < -0.4 is 5.32 Å². The van der Waals surface area contributed by atoms with Gasteiger partial charge in [0.15, 0.2) is 0 Å². The van der Waals surface area contributed by atoms with Crippen LogP contribution in [0.25, 0.3) is 0 Å². The summed E-state index contributed by atoms with van der Waals surface area (Å²) in [6.45, 7) is 15.0. The van der Waals surface area contributed by atoms with E-state index >= 15 is 0 Å². The maximum absolute atomic E-state index is 5.22. The van der Waals surface area contributed by atoms with Gasteiger partial charge in [-0.05, 0) is 13.0 Å². The first-order chi connectivity index (χ1) is 6.20. The van der Waals surface area contributed by atoms with E-state index in [2.05, 4.69) is 18.5 Å². The fraction of sp³-hybridized carbons (Fsp3) is 0.455. The van der Waals surface area contributed by atoms with Crippen molar-refractivity contribution in [1.29, 1.82) is 0 Å². The van der Waals surface area contributed by atoms with E-state index in [1.165, 1.54) is 0 Å². The molecule has 0 aliphatic carbocycles. The van der Waals surface area contributed by atoms with E-state index in [-0.39, 0.29) is 1.43 Å². The maximum Gasteiger partial charge on any atom is 0.135 e. The lowest BCUT2D eigenvalue weighted by Crippen LogP contribution is -2.26. The molecule has 1 aliphatic rings. The first-order valence-corrected chi connectivity index (χ1v) is 4.63. The molecule has 0 aromatic carbocycles. The van der Waals surface area contributed by atoms with E-state index in [0.29, 0.717) is 12.4 Å². The van der Waals surface area contributed by atoms with Gasteiger partial charge in [-0.3, -0.25) is 0 Å². The van der Waals surface area contributed by atoms with Crippen molar-refractivity contribution in [2.75, 3.05) is 13.2 Å². The standard InChI is InChI=1S/C9H13NO.C2H6.H2/c1-7(2)6-9-8(3)11-5-4-10-9;1-2;/h6,10H,1,3-5H2,2H3;1-2H3;1H/b9-6+;;. The lowest BCUT2D eigenvalue weighted by Gasteiger charge is -2.20. The van der Waals surface area contributed by atoms with E-state index in [0.717, 1.165) is 17.8 Å². The minimum Gasteiger partial charge on any atom is -0.490 e. The molecule has 1 fully saturated rings. The van der Waals surface area contributed by atoms with Gasteiger partial charge in [0, 0.05) is 7.97 Å². The molecule has 13 heavy (non-hydrogen) atoms. The van der Waals surface area contributed by atoms with Crippen LogP contribution in [0.5, 0.6) is 0 Å². The van der Waals surface area contributed by atoms with Crippen LogP contribution in [0.4, 0.5) is 0 Å². The highest BCUT2D eigenvalue weighted by Gasteiger charge is 2.08. The Labute approximate surface area is 82.5 Å². The van der Waals surface area contributed by atoms with Crippen LogP contribution in [0.2, 0.25) is 0 Å². The molecule has 0 spiro atoms. The van der Waals surface area contributed by atoms with Crippen molar-refractivity contribution in [1.82, 2.24) is 5.32 Å². The topological polar surface area (TPSA) is 21.3 Å². The molecule has 1 rings (SSSR count). The van der Waals surface area contributed by atoms with Gasteiger partial charge >= 0.3 is 0 Å².